The third kappa shape index (κ3) is 3.20. The van der Waals surface area contributed by atoms with Crippen LogP contribution in [0.25, 0.3) is 0 Å². The number of rotatable bonds is 4. The van der Waals surface area contributed by atoms with E-state index in [1.165, 1.54) is 19.3 Å². The van der Waals surface area contributed by atoms with Gasteiger partial charge in [-0.05, 0) is 51.1 Å². The SMILES string of the molecule is O=C(OCCC1CCNCC1)C1CCC1. The highest BCUT2D eigenvalue weighted by Crippen LogP contribution is 2.27. The normalized spacial score (nSPS) is 23.5. The fraction of sp³-hybridized carbons (Fsp3) is 0.917. The van der Waals surface area contributed by atoms with Gasteiger partial charge in [0.1, 0.15) is 0 Å². The van der Waals surface area contributed by atoms with Crippen molar-refractivity contribution in [2.45, 2.75) is 38.5 Å². The molecule has 1 aliphatic heterocycles. The van der Waals surface area contributed by atoms with Crippen LogP contribution in [-0.4, -0.2) is 25.7 Å². The second kappa shape index (κ2) is 5.50. The lowest BCUT2D eigenvalue weighted by Gasteiger charge is -2.25. The zero-order valence-electron chi connectivity index (χ0n) is 9.34. The standard InChI is InChI=1S/C12H21NO2/c14-12(11-2-1-3-11)15-9-6-10-4-7-13-8-5-10/h10-11,13H,1-9H2. The maximum absolute atomic E-state index is 11.4. The van der Waals surface area contributed by atoms with Crippen molar-refractivity contribution in [3.8, 4) is 0 Å². The Morgan fingerprint density at radius 1 is 1.20 bits per heavy atom. The third-order valence-corrected chi connectivity index (χ3v) is 3.67. The molecule has 0 amide bonds. The summed E-state index contributed by atoms with van der Waals surface area (Å²) in [5.41, 5.74) is 0. The summed E-state index contributed by atoms with van der Waals surface area (Å²) < 4.78 is 5.29. The number of esters is 1. The number of ether oxygens (including phenoxy) is 1. The lowest BCUT2D eigenvalue weighted by atomic mass is 9.86. The molecule has 0 bridgehead atoms. The van der Waals surface area contributed by atoms with Gasteiger partial charge in [-0.2, -0.15) is 0 Å². The highest BCUT2D eigenvalue weighted by Gasteiger charge is 2.26. The minimum absolute atomic E-state index is 0.0511. The second-order valence-corrected chi connectivity index (χ2v) is 4.78. The summed E-state index contributed by atoms with van der Waals surface area (Å²) in [6, 6.07) is 0. The van der Waals surface area contributed by atoms with Crippen molar-refractivity contribution < 1.29 is 9.53 Å². The Morgan fingerprint density at radius 2 is 1.93 bits per heavy atom. The Balaban J connectivity index is 1.55. The molecule has 0 aromatic carbocycles. The van der Waals surface area contributed by atoms with Gasteiger partial charge in [-0.15, -0.1) is 0 Å². The van der Waals surface area contributed by atoms with Crippen LogP contribution < -0.4 is 5.32 Å². The molecule has 0 aromatic heterocycles. The molecule has 3 heteroatoms. The summed E-state index contributed by atoms with van der Waals surface area (Å²) in [6.45, 7) is 2.89. The smallest absolute Gasteiger partial charge is 0.308 e. The molecule has 0 radical (unpaired) electrons. The Labute approximate surface area is 91.6 Å². The molecule has 86 valence electrons. The lowest BCUT2D eigenvalue weighted by molar-refractivity contribution is -0.151. The van der Waals surface area contributed by atoms with Crippen LogP contribution in [0.3, 0.4) is 0 Å². The van der Waals surface area contributed by atoms with Crippen LogP contribution in [0.2, 0.25) is 0 Å². The predicted molar refractivity (Wildman–Crippen MR) is 58.5 cm³/mol. The average molecular weight is 211 g/mol. The number of piperidine rings is 1. The molecule has 1 saturated carbocycles. The van der Waals surface area contributed by atoms with E-state index >= 15 is 0 Å². The summed E-state index contributed by atoms with van der Waals surface area (Å²) >= 11 is 0. The predicted octanol–water partition coefficient (Wildman–Crippen LogP) is 1.72. The first-order chi connectivity index (χ1) is 7.36. The van der Waals surface area contributed by atoms with E-state index in [9.17, 15) is 4.79 Å². The van der Waals surface area contributed by atoms with E-state index in [0.29, 0.717) is 6.61 Å². The van der Waals surface area contributed by atoms with Gasteiger partial charge in [0.15, 0.2) is 0 Å². The van der Waals surface area contributed by atoms with Crippen molar-refractivity contribution in [3.05, 3.63) is 0 Å². The monoisotopic (exact) mass is 211 g/mol. The maximum atomic E-state index is 11.4. The highest BCUT2D eigenvalue weighted by molar-refractivity contribution is 5.73. The van der Waals surface area contributed by atoms with Gasteiger partial charge in [-0.25, -0.2) is 0 Å². The number of nitrogens with one attached hydrogen (secondary N) is 1. The van der Waals surface area contributed by atoms with E-state index in [1.807, 2.05) is 0 Å². The molecule has 2 fully saturated rings. The molecule has 0 spiro atoms. The van der Waals surface area contributed by atoms with Crippen LogP contribution in [0.4, 0.5) is 0 Å². The van der Waals surface area contributed by atoms with Crippen molar-refractivity contribution in [3.63, 3.8) is 0 Å². The average Bonchev–Trinajstić information content (AvgIpc) is 2.16. The molecule has 3 nitrogen and oxygen atoms in total. The van der Waals surface area contributed by atoms with Gasteiger partial charge in [-0.1, -0.05) is 6.42 Å². The van der Waals surface area contributed by atoms with Gasteiger partial charge >= 0.3 is 5.97 Å². The van der Waals surface area contributed by atoms with Crippen molar-refractivity contribution in [2.24, 2.45) is 11.8 Å². The Hall–Kier alpha value is -0.570. The first kappa shape index (κ1) is 10.9. The Kier molecular flexibility index (Phi) is 4.01. The quantitative estimate of drug-likeness (QED) is 0.720. The van der Waals surface area contributed by atoms with Gasteiger partial charge in [0.05, 0.1) is 12.5 Å². The zero-order chi connectivity index (χ0) is 10.5. The van der Waals surface area contributed by atoms with E-state index in [1.54, 1.807) is 0 Å². The minimum Gasteiger partial charge on any atom is -0.465 e. The van der Waals surface area contributed by atoms with Gasteiger partial charge in [0, 0.05) is 0 Å². The van der Waals surface area contributed by atoms with Crippen LogP contribution in [0.15, 0.2) is 0 Å². The van der Waals surface area contributed by atoms with Gasteiger partial charge in [-0.3, -0.25) is 4.79 Å². The van der Waals surface area contributed by atoms with Crippen molar-refractivity contribution in [2.75, 3.05) is 19.7 Å². The summed E-state index contributed by atoms with van der Waals surface area (Å²) in [7, 11) is 0. The molecule has 0 unspecified atom stereocenters. The Morgan fingerprint density at radius 3 is 2.53 bits per heavy atom. The van der Waals surface area contributed by atoms with Crippen LogP contribution in [-0.2, 0) is 9.53 Å². The number of carbonyl (C=O) groups excluding carboxylic acids is 1. The van der Waals surface area contributed by atoms with Crippen molar-refractivity contribution in [1.82, 2.24) is 5.32 Å². The molecular formula is C12H21NO2. The molecule has 0 atom stereocenters. The van der Waals surface area contributed by atoms with Crippen LogP contribution in [0.1, 0.15) is 38.5 Å². The lowest BCUT2D eigenvalue weighted by Crippen LogP contribution is -2.29. The summed E-state index contributed by atoms with van der Waals surface area (Å²) in [6.07, 6.45) is 6.83. The molecule has 2 aliphatic rings. The van der Waals surface area contributed by atoms with E-state index in [4.69, 9.17) is 4.74 Å². The van der Waals surface area contributed by atoms with Crippen LogP contribution in [0.5, 0.6) is 0 Å². The first-order valence-electron chi connectivity index (χ1n) is 6.23. The molecule has 1 heterocycles. The maximum Gasteiger partial charge on any atom is 0.308 e. The fourth-order valence-electron chi connectivity index (χ4n) is 2.26. The second-order valence-electron chi connectivity index (χ2n) is 4.78. The zero-order valence-corrected chi connectivity index (χ0v) is 9.34. The summed E-state index contributed by atoms with van der Waals surface area (Å²) in [4.78, 5) is 11.4. The van der Waals surface area contributed by atoms with E-state index in [2.05, 4.69) is 5.32 Å². The van der Waals surface area contributed by atoms with Gasteiger partial charge < -0.3 is 10.1 Å². The van der Waals surface area contributed by atoms with E-state index in [-0.39, 0.29) is 11.9 Å². The molecule has 1 N–H and O–H groups in total. The van der Waals surface area contributed by atoms with Crippen LogP contribution >= 0.6 is 0 Å². The minimum atomic E-state index is 0.0511. The highest BCUT2D eigenvalue weighted by atomic mass is 16.5. The largest absolute Gasteiger partial charge is 0.465 e. The number of hydrogen-bond acceptors (Lipinski definition) is 3. The molecule has 1 aliphatic carbocycles. The van der Waals surface area contributed by atoms with Gasteiger partial charge in [0.25, 0.3) is 0 Å². The Bertz CT molecular complexity index is 208. The fourth-order valence-corrected chi connectivity index (χ4v) is 2.26. The van der Waals surface area contributed by atoms with Gasteiger partial charge in [0.2, 0.25) is 0 Å². The summed E-state index contributed by atoms with van der Waals surface area (Å²) in [5, 5.41) is 3.34. The topological polar surface area (TPSA) is 38.3 Å². The number of carbonyl (C=O) groups is 1. The van der Waals surface area contributed by atoms with E-state index in [0.717, 1.165) is 38.3 Å². The third-order valence-electron chi connectivity index (χ3n) is 3.67. The molecule has 15 heavy (non-hydrogen) atoms. The molecular weight excluding hydrogens is 190 g/mol. The van der Waals surface area contributed by atoms with Crippen molar-refractivity contribution >= 4 is 5.97 Å². The summed E-state index contributed by atoms with van der Waals surface area (Å²) in [5.74, 6) is 1.05. The molecule has 2 rings (SSSR count). The van der Waals surface area contributed by atoms with Crippen LogP contribution in [0, 0.1) is 11.8 Å². The molecule has 1 saturated heterocycles. The molecule has 0 aromatic rings. The number of hydrogen-bond donors (Lipinski definition) is 1. The van der Waals surface area contributed by atoms with Crippen molar-refractivity contribution in [1.29, 1.82) is 0 Å². The first-order valence-corrected chi connectivity index (χ1v) is 6.23. The van der Waals surface area contributed by atoms with E-state index < -0.39 is 0 Å².